The molecule has 2 N–H and O–H groups in total. The number of carbonyl (C=O) groups excluding carboxylic acids is 1. The Morgan fingerprint density at radius 3 is 2.93 bits per heavy atom. The summed E-state index contributed by atoms with van der Waals surface area (Å²) in [6.45, 7) is -0.336. The average molecular weight is 414 g/mol. The number of nitrogens with zero attached hydrogens (tertiary/aromatic N) is 3. The van der Waals surface area contributed by atoms with Gasteiger partial charge in [-0.05, 0) is 30.3 Å². The summed E-state index contributed by atoms with van der Waals surface area (Å²) < 4.78 is 19.9. The topological polar surface area (TPSA) is 102 Å². The maximum atomic E-state index is 13.1. The van der Waals surface area contributed by atoms with Gasteiger partial charge in [-0.25, -0.2) is 14.1 Å². The lowest BCUT2D eigenvalue weighted by Crippen LogP contribution is -2.21. The van der Waals surface area contributed by atoms with Gasteiger partial charge < -0.3 is 15.0 Å². The third-order valence-electron chi connectivity index (χ3n) is 4.03. The minimum absolute atomic E-state index is 0.0671. The second-order valence-corrected chi connectivity index (χ2v) is 6.36. The van der Waals surface area contributed by atoms with Crippen LogP contribution in [0.1, 0.15) is 0 Å². The Hall–Kier alpha value is -3.72. The molecule has 0 aliphatic rings. The average Bonchev–Trinajstić information content (AvgIpc) is 3.13. The maximum absolute atomic E-state index is 13.1. The minimum Gasteiger partial charge on any atom is -0.482 e. The lowest BCUT2D eigenvalue weighted by atomic mass is 10.2. The summed E-state index contributed by atoms with van der Waals surface area (Å²) in [4.78, 5) is 30.9. The zero-order valence-corrected chi connectivity index (χ0v) is 15.5. The van der Waals surface area contributed by atoms with Crippen molar-refractivity contribution in [1.82, 2.24) is 19.7 Å². The molecule has 4 rings (SSSR count). The number of nitrogens with one attached hydrogen (secondary N) is 2. The molecule has 1 amide bonds. The van der Waals surface area contributed by atoms with Gasteiger partial charge in [0, 0.05) is 0 Å². The molecule has 29 heavy (non-hydrogen) atoms. The van der Waals surface area contributed by atoms with Gasteiger partial charge in [0.05, 0.1) is 28.9 Å². The van der Waals surface area contributed by atoms with Crippen LogP contribution in [0.15, 0.2) is 59.8 Å². The molecule has 0 atom stereocenters. The molecule has 0 radical (unpaired) electrons. The predicted molar refractivity (Wildman–Crippen MR) is 105 cm³/mol. The standard InChI is InChI=1S/C19H13ClFN5O3/c20-13-7-11(21)5-6-16(13)29-9-17(27)25-14-3-1-2-4-15(14)26-18-12(8-24-26)19(28)23-10-22-18/h1-8,10H,9H2,(H,25,27)(H,22,23,28). The zero-order valence-electron chi connectivity index (χ0n) is 14.7. The summed E-state index contributed by atoms with van der Waals surface area (Å²) in [5, 5.41) is 7.32. The highest BCUT2D eigenvalue weighted by Crippen LogP contribution is 2.25. The number of hydrogen-bond donors (Lipinski definition) is 2. The van der Waals surface area contributed by atoms with Crippen LogP contribution in [0.5, 0.6) is 5.75 Å². The maximum Gasteiger partial charge on any atom is 0.262 e. The van der Waals surface area contributed by atoms with Crippen LogP contribution < -0.4 is 15.6 Å². The fourth-order valence-electron chi connectivity index (χ4n) is 2.72. The Balaban J connectivity index is 1.56. The fraction of sp³-hybridized carbons (Fsp3) is 0.0526. The van der Waals surface area contributed by atoms with E-state index in [2.05, 4.69) is 20.4 Å². The number of anilines is 1. The van der Waals surface area contributed by atoms with Gasteiger partial charge in [0.2, 0.25) is 0 Å². The van der Waals surface area contributed by atoms with Gasteiger partial charge in [0.25, 0.3) is 11.5 Å². The Morgan fingerprint density at radius 2 is 2.10 bits per heavy atom. The van der Waals surface area contributed by atoms with Crippen molar-refractivity contribution < 1.29 is 13.9 Å². The van der Waals surface area contributed by atoms with E-state index in [1.807, 2.05) is 0 Å². The Labute approximate surface area is 167 Å². The number of aromatic amines is 1. The molecule has 146 valence electrons. The van der Waals surface area contributed by atoms with Crippen LogP contribution in [0, 0.1) is 5.82 Å². The molecular formula is C19H13ClFN5O3. The molecule has 0 bridgehead atoms. The van der Waals surface area contributed by atoms with Crippen LogP contribution in [-0.2, 0) is 4.79 Å². The highest BCUT2D eigenvalue weighted by Gasteiger charge is 2.14. The van der Waals surface area contributed by atoms with Gasteiger partial charge in [0.1, 0.15) is 17.0 Å². The Kier molecular flexibility index (Phi) is 4.96. The molecule has 4 aromatic rings. The van der Waals surface area contributed by atoms with Crippen molar-refractivity contribution in [3.63, 3.8) is 0 Å². The van der Waals surface area contributed by atoms with E-state index in [1.165, 1.54) is 29.3 Å². The number of H-pyrrole nitrogens is 1. The number of para-hydroxylation sites is 2. The lowest BCUT2D eigenvalue weighted by molar-refractivity contribution is -0.118. The van der Waals surface area contributed by atoms with Crippen molar-refractivity contribution >= 4 is 34.2 Å². The largest absolute Gasteiger partial charge is 0.482 e. The van der Waals surface area contributed by atoms with Crippen molar-refractivity contribution in [2.75, 3.05) is 11.9 Å². The Morgan fingerprint density at radius 1 is 1.28 bits per heavy atom. The molecule has 10 heteroatoms. The number of fused-ring (bicyclic) bond motifs is 1. The van der Waals surface area contributed by atoms with Gasteiger partial charge in [-0.3, -0.25) is 9.59 Å². The van der Waals surface area contributed by atoms with E-state index in [-0.39, 0.29) is 22.9 Å². The van der Waals surface area contributed by atoms with E-state index < -0.39 is 11.7 Å². The molecule has 0 saturated heterocycles. The summed E-state index contributed by atoms with van der Waals surface area (Å²) in [6.07, 6.45) is 2.68. The SMILES string of the molecule is O=C(COc1ccc(F)cc1Cl)Nc1ccccc1-n1ncc2c(=O)[nH]cnc21. The molecule has 2 heterocycles. The fourth-order valence-corrected chi connectivity index (χ4v) is 2.94. The van der Waals surface area contributed by atoms with Crippen molar-refractivity contribution in [2.45, 2.75) is 0 Å². The van der Waals surface area contributed by atoms with Crippen LogP contribution in [0.3, 0.4) is 0 Å². The monoisotopic (exact) mass is 413 g/mol. The molecule has 0 fully saturated rings. The molecular weight excluding hydrogens is 401 g/mol. The van der Waals surface area contributed by atoms with E-state index in [0.717, 1.165) is 6.07 Å². The van der Waals surface area contributed by atoms with Gasteiger partial charge >= 0.3 is 0 Å². The molecule has 0 unspecified atom stereocenters. The van der Waals surface area contributed by atoms with Crippen molar-refractivity contribution in [1.29, 1.82) is 0 Å². The molecule has 2 aromatic carbocycles. The minimum atomic E-state index is -0.500. The Bertz CT molecular complexity index is 1270. The highest BCUT2D eigenvalue weighted by molar-refractivity contribution is 6.32. The lowest BCUT2D eigenvalue weighted by Gasteiger charge is -2.12. The first-order chi connectivity index (χ1) is 14.0. The molecule has 0 spiro atoms. The van der Waals surface area contributed by atoms with E-state index in [4.69, 9.17) is 16.3 Å². The van der Waals surface area contributed by atoms with E-state index in [0.29, 0.717) is 22.4 Å². The summed E-state index contributed by atoms with van der Waals surface area (Å²) in [5.74, 6) is -0.766. The van der Waals surface area contributed by atoms with Crippen molar-refractivity contribution in [3.05, 3.63) is 76.2 Å². The number of halogens is 2. The van der Waals surface area contributed by atoms with E-state index in [9.17, 15) is 14.0 Å². The number of carbonyl (C=O) groups is 1. The van der Waals surface area contributed by atoms with Gasteiger partial charge in [-0.15, -0.1) is 0 Å². The van der Waals surface area contributed by atoms with Gasteiger partial charge in [0.15, 0.2) is 12.3 Å². The normalized spacial score (nSPS) is 10.8. The molecule has 2 aromatic heterocycles. The third-order valence-corrected chi connectivity index (χ3v) is 4.33. The first kappa shape index (κ1) is 18.6. The van der Waals surface area contributed by atoms with Crippen LogP contribution in [0.2, 0.25) is 5.02 Å². The van der Waals surface area contributed by atoms with Crippen LogP contribution in [-0.4, -0.2) is 32.3 Å². The van der Waals surface area contributed by atoms with Gasteiger partial charge in [-0.1, -0.05) is 23.7 Å². The summed E-state index contributed by atoms with van der Waals surface area (Å²) in [5.41, 5.74) is 1.00. The summed E-state index contributed by atoms with van der Waals surface area (Å²) in [7, 11) is 0. The zero-order chi connectivity index (χ0) is 20.4. The molecule has 0 aliphatic heterocycles. The number of ether oxygens (including phenoxy) is 1. The van der Waals surface area contributed by atoms with E-state index in [1.54, 1.807) is 24.3 Å². The summed E-state index contributed by atoms with van der Waals surface area (Å²) in [6, 6.07) is 10.5. The van der Waals surface area contributed by atoms with Crippen molar-refractivity contribution in [3.8, 4) is 11.4 Å². The molecule has 8 nitrogen and oxygen atoms in total. The third kappa shape index (κ3) is 3.81. The second kappa shape index (κ2) is 7.72. The molecule has 0 saturated carbocycles. The second-order valence-electron chi connectivity index (χ2n) is 5.95. The number of benzene rings is 2. The number of amides is 1. The number of aromatic nitrogens is 4. The number of rotatable bonds is 5. The van der Waals surface area contributed by atoms with Crippen molar-refractivity contribution in [2.24, 2.45) is 0 Å². The first-order valence-corrected chi connectivity index (χ1v) is 8.79. The predicted octanol–water partition coefficient (Wildman–Crippen LogP) is 2.92. The molecule has 0 aliphatic carbocycles. The quantitative estimate of drug-likeness (QED) is 0.523. The highest BCUT2D eigenvalue weighted by atomic mass is 35.5. The van der Waals surface area contributed by atoms with Crippen LogP contribution >= 0.6 is 11.6 Å². The van der Waals surface area contributed by atoms with E-state index >= 15 is 0 Å². The van der Waals surface area contributed by atoms with Crippen LogP contribution in [0.25, 0.3) is 16.7 Å². The van der Waals surface area contributed by atoms with Gasteiger partial charge in [-0.2, -0.15) is 5.10 Å². The number of hydrogen-bond acceptors (Lipinski definition) is 5. The summed E-state index contributed by atoms with van der Waals surface area (Å²) >= 11 is 5.89. The first-order valence-electron chi connectivity index (χ1n) is 8.41. The van der Waals surface area contributed by atoms with Crippen LogP contribution in [0.4, 0.5) is 10.1 Å². The smallest absolute Gasteiger partial charge is 0.262 e.